The number of rotatable bonds is 11. The van der Waals surface area contributed by atoms with E-state index in [9.17, 15) is 14.4 Å². The van der Waals surface area contributed by atoms with E-state index in [1.54, 1.807) is 4.90 Å². The van der Waals surface area contributed by atoms with Gasteiger partial charge in [0.25, 0.3) is 0 Å². The summed E-state index contributed by atoms with van der Waals surface area (Å²) in [5.41, 5.74) is 0.923. The van der Waals surface area contributed by atoms with Gasteiger partial charge in [-0.05, 0) is 50.3 Å². The molecule has 7 nitrogen and oxygen atoms in total. The first-order valence-electron chi connectivity index (χ1n) is 12.0. The minimum atomic E-state index is -0.229. The monoisotopic (exact) mass is 444 g/mol. The van der Waals surface area contributed by atoms with Gasteiger partial charge >= 0.3 is 0 Å². The fourth-order valence-corrected chi connectivity index (χ4v) is 4.65. The highest BCUT2D eigenvalue weighted by atomic mass is 16.5. The van der Waals surface area contributed by atoms with E-state index in [4.69, 9.17) is 9.47 Å². The largest absolute Gasteiger partial charge is 0.490 e. The Hall–Kier alpha value is -2.57. The highest BCUT2D eigenvalue weighted by Gasteiger charge is 2.48. The molecule has 2 aliphatic rings. The number of nitrogens with zero attached hydrogens (tertiary/aromatic N) is 2. The molecule has 1 aromatic carbocycles. The maximum Gasteiger partial charge on any atom is 0.243 e. The molecule has 1 saturated carbocycles. The Morgan fingerprint density at radius 3 is 2.28 bits per heavy atom. The molecule has 32 heavy (non-hydrogen) atoms. The molecule has 1 heterocycles. The summed E-state index contributed by atoms with van der Waals surface area (Å²) in [5.74, 6) is 0.372. The SMILES string of the molecule is CCCOc1ccc(CN(CCC)C(=O)CN2C(=O)C3CCCCC3C2=O)cc1OCC. The number of carbonyl (C=O) groups is 3. The van der Waals surface area contributed by atoms with Crippen molar-refractivity contribution >= 4 is 17.7 Å². The average molecular weight is 445 g/mol. The number of fused-ring (bicyclic) bond motifs is 1. The van der Waals surface area contributed by atoms with Crippen LogP contribution in [0, 0.1) is 11.8 Å². The van der Waals surface area contributed by atoms with Crippen molar-refractivity contribution < 1.29 is 23.9 Å². The Morgan fingerprint density at radius 1 is 1.00 bits per heavy atom. The number of ether oxygens (including phenoxy) is 2. The average Bonchev–Trinajstić information content (AvgIpc) is 3.03. The molecule has 1 aromatic rings. The van der Waals surface area contributed by atoms with Crippen molar-refractivity contribution in [3.63, 3.8) is 0 Å². The third-order valence-electron chi connectivity index (χ3n) is 6.22. The zero-order valence-corrected chi connectivity index (χ0v) is 19.6. The highest BCUT2D eigenvalue weighted by Crippen LogP contribution is 2.38. The lowest BCUT2D eigenvalue weighted by Crippen LogP contribution is -2.43. The van der Waals surface area contributed by atoms with Crippen LogP contribution in [0.3, 0.4) is 0 Å². The number of likely N-dealkylation sites (tertiary alicyclic amines) is 1. The predicted octanol–water partition coefficient (Wildman–Crippen LogP) is 3.79. The number of imide groups is 1. The Morgan fingerprint density at radius 2 is 1.69 bits per heavy atom. The first kappa shape index (κ1) is 24.1. The molecule has 2 unspecified atom stereocenters. The van der Waals surface area contributed by atoms with Crippen molar-refractivity contribution in [2.75, 3.05) is 26.3 Å². The summed E-state index contributed by atoms with van der Waals surface area (Å²) in [7, 11) is 0. The van der Waals surface area contributed by atoms with Gasteiger partial charge in [0.15, 0.2) is 11.5 Å². The second-order valence-electron chi connectivity index (χ2n) is 8.64. The van der Waals surface area contributed by atoms with Gasteiger partial charge in [-0.1, -0.05) is 32.8 Å². The van der Waals surface area contributed by atoms with Gasteiger partial charge < -0.3 is 14.4 Å². The molecular formula is C25H36N2O5. The van der Waals surface area contributed by atoms with Crippen LogP contribution in [0.4, 0.5) is 0 Å². The van der Waals surface area contributed by atoms with Gasteiger partial charge in [0.1, 0.15) is 6.54 Å². The second-order valence-corrected chi connectivity index (χ2v) is 8.64. The van der Waals surface area contributed by atoms with Gasteiger partial charge in [-0.3, -0.25) is 19.3 Å². The number of benzene rings is 1. The molecule has 3 rings (SSSR count). The van der Waals surface area contributed by atoms with Crippen molar-refractivity contribution in [3.8, 4) is 11.5 Å². The summed E-state index contributed by atoms with van der Waals surface area (Å²) in [4.78, 5) is 41.6. The van der Waals surface area contributed by atoms with Crippen molar-refractivity contribution in [3.05, 3.63) is 23.8 Å². The molecule has 2 atom stereocenters. The van der Waals surface area contributed by atoms with Crippen LogP contribution in [0.5, 0.6) is 11.5 Å². The smallest absolute Gasteiger partial charge is 0.243 e. The van der Waals surface area contributed by atoms with E-state index in [-0.39, 0.29) is 36.1 Å². The summed E-state index contributed by atoms with van der Waals surface area (Å²) in [5, 5.41) is 0. The second kappa shape index (κ2) is 11.3. The van der Waals surface area contributed by atoms with E-state index >= 15 is 0 Å². The van der Waals surface area contributed by atoms with Crippen LogP contribution < -0.4 is 9.47 Å². The molecule has 2 fully saturated rings. The molecule has 0 spiro atoms. The van der Waals surface area contributed by atoms with Gasteiger partial charge in [0, 0.05) is 13.1 Å². The van der Waals surface area contributed by atoms with E-state index < -0.39 is 0 Å². The third-order valence-corrected chi connectivity index (χ3v) is 6.22. The van der Waals surface area contributed by atoms with Crippen LogP contribution in [-0.2, 0) is 20.9 Å². The Kier molecular flexibility index (Phi) is 8.53. The van der Waals surface area contributed by atoms with Crippen LogP contribution in [0.1, 0.15) is 64.9 Å². The summed E-state index contributed by atoms with van der Waals surface area (Å²) in [6.45, 7) is 7.89. The van der Waals surface area contributed by atoms with Crippen LogP contribution >= 0.6 is 0 Å². The Balaban J connectivity index is 1.71. The van der Waals surface area contributed by atoms with Crippen molar-refractivity contribution in [2.24, 2.45) is 11.8 Å². The standard InChI is InChI=1S/C25H36N2O5/c1-4-13-26(16-18-11-12-21(32-14-5-2)22(15-18)31-6-3)23(28)17-27-24(29)19-9-7-8-10-20(19)25(27)30/h11-12,15,19-20H,4-10,13-14,16-17H2,1-3H3. The lowest BCUT2D eigenvalue weighted by Gasteiger charge is -2.25. The van der Waals surface area contributed by atoms with E-state index in [2.05, 4.69) is 0 Å². The summed E-state index contributed by atoms with van der Waals surface area (Å²) in [6.07, 6.45) is 5.15. The summed E-state index contributed by atoms with van der Waals surface area (Å²) < 4.78 is 11.5. The Labute approximate surface area is 191 Å². The Bertz CT molecular complexity index is 801. The fraction of sp³-hybridized carbons (Fsp3) is 0.640. The van der Waals surface area contributed by atoms with E-state index in [0.717, 1.165) is 44.1 Å². The maximum atomic E-state index is 13.1. The van der Waals surface area contributed by atoms with E-state index in [1.807, 2.05) is 39.0 Å². The molecule has 1 saturated heterocycles. The summed E-state index contributed by atoms with van der Waals surface area (Å²) >= 11 is 0. The topological polar surface area (TPSA) is 76.2 Å². The minimum absolute atomic E-state index is 0.166. The van der Waals surface area contributed by atoms with Gasteiger partial charge in [0.05, 0.1) is 25.0 Å². The van der Waals surface area contributed by atoms with Gasteiger partial charge in [0.2, 0.25) is 17.7 Å². The maximum absolute atomic E-state index is 13.1. The quantitative estimate of drug-likeness (QED) is 0.486. The first-order valence-corrected chi connectivity index (χ1v) is 12.0. The first-order chi connectivity index (χ1) is 15.5. The van der Waals surface area contributed by atoms with E-state index in [0.29, 0.717) is 37.8 Å². The molecule has 1 aliphatic heterocycles. The molecular weight excluding hydrogens is 408 g/mol. The number of amides is 3. The fourth-order valence-electron chi connectivity index (χ4n) is 4.65. The van der Waals surface area contributed by atoms with Crippen LogP contribution in [0.2, 0.25) is 0 Å². The van der Waals surface area contributed by atoms with Crippen molar-refractivity contribution in [1.29, 1.82) is 0 Å². The number of carbonyl (C=O) groups excluding carboxylic acids is 3. The van der Waals surface area contributed by atoms with E-state index in [1.165, 1.54) is 4.90 Å². The molecule has 0 bridgehead atoms. The molecule has 176 valence electrons. The van der Waals surface area contributed by atoms with Gasteiger partial charge in [-0.15, -0.1) is 0 Å². The molecule has 0 radical (unpaired) electrons. The molecule has 0 N–H and O–H groups in total. The number of hydrogen-bond acceptors (Lipinski definition) is 5. The summed E-state index contributed by atoms with van der Waals surface area (Å²) in [6, 6.07) is 5.72. The predicted molar refractivity (Wildman–Crippen MR) is 121 cm³/mol. The third kappa shape index (κ3) is 5.43. The van der Waals surface area contributed by atoms with Crippen LogP contribution in [0.15, 0.2) is 18.2 Å². The molecule has 1 aliphatic carbocycles. The molecule has 0 aromatic heterocycles. The van der Waals surface area contributed by atoms with Crippen LogP contribution in [0.25, 0.3) is 0 Å². The van der Waals surface area contributed by atoms with Gasteiger partial charge in [-0.25, -0.2) is 0 Å². The molecule has 3 amide bonds. The zero-order valence-electron chi connectivity index (χ0n) is 19.6. The van der Waals surface area contributed by atoms with Gasteiger partial charge in [-0.2, -0.15) is 0 Å². The lowest BCUT2D eigenvalue weighted by atomic mass is 9.81. The van der Waals surface area contributed by atoms with Crippen LogP contribution in [-0.4, -0.2) is 53.8 Å². The molecule has 7 heteroatoms. The lowest BCUT2D eigenvalue weighted by molar-refractivity contribution is -0.146. The zero-order chi connectivity index (χ0) is 23.1. The normalized spacial score (nSPS) is 20.3. The highest BCUT2D eigenvalue weighted by molar-refractivity contribution is 6.07. The minimum Gasteiger partial charge on any atom is -0.490 e. The number of hydrogen-bond donors (Lipinski definition) is 0. The van der Waals surface area contributed by atoms with Crippen molar-refractivity contribution in [2.45, 2.75) is 65.8 Å². The van der Waals surface area contributed by atoms with Crippen molar-refractivity contribution in [1.82, 2.24) is 9.80 Å².